The quantitative estimate of drug-likeness (QED) is 0.635. The molecule has 7 nitrogen and oxygen atoms in total. The first-order chi connectivity index (χ1) is 14.1. The van der Waals surface area contributed by atoms with Gasteiger partial charge < -0.3 is 24.7 Å². The molecule has 0 fully saturated rings. The van der Waals surface area contributed by atoms with Gasteiger partial charge in [-0.05, 0) is 40.2 Å². The van der Waals surface area contributed by atoms with E-state index in [1.165, 1.54) is 5.69 Å². The maximum atomic E-state index is 12.7. The third kappa shape index (κ3) is 3.23. The predicted molar refractivity (Wildman–Crippen MR) is 110 cm³/mol. The highest BCUT2D eigenvalue weighted by Gasteiger charge is 2.25. The second kappa shape index (κ2) is 7.11. The number of hydrogen-bond acceptors (Lipinski definition) is 4. The Morgan fingerprint density at radius 3 is 2.93 bits per heavy atom. The molecule has 0 aliphatic carbocycles. The third-order valence-corrected chi connectivity index (χ3v) is 6.01. The van der Waals surface area contributed by atoms with Gasteiger partial charge in [0.25, 0.3) is 5.91 Å². The van der Waals surface area contributed by atoms with Gasteiger partial charge >= 0.3 is 0 Å². The van der Waals surface area contributed by atoms with Crippen LogP contribution in [0.15, 0.2) is 40.9 Å². The number of aromatic amines is 1. The van der Waals surface area contributed by atoms with Crippen LogP contribution in [0.5, 0.6) is 11.5 Å². The van der Waals surface area contributed by atoms with E-state index in [9.17, 15) is 9.59 Å². The molecule has 0 unspecified atom stereocenters. The number of benzene rings is 2. The largest absolute Gasteiger partial charge is 0.454 e. The van der Waals surface area contributed by atoms with Crippen molar-refractivity contribution in [2.24, 2.45) is 0 Å². The van der Waals surface area contributed by atoms with Crippen LogP contribution in [-0.2, 0) is 17.8 Å². The molecule has 0 saturated carbocycles. The van der Waals surface area contributed by atoms with Crippen LogP contribution in [0.4, 0.5) is 0 Å². The number of amides is 2. The van der Waals surface area contributed by atoms with Crippen molar-refractivity contribution >= 4 is 38.6 Å². The van der Waals surface area contributed by atoms with Crippen LogP contribution in [0.3, 0.4) is 0 Å². The molecule has 2 aliphatic heterocycles. The van der Waals surface area contributed by atoms with Crippen molar-refractivity contribution in [1.29, 1.82) is 0 Å². The number of nitrogens with zero attached hydrogens (tertiary/aromatic N) is 1. The van der Waals surface area contributed by atoms with Gasteiger partial charge in [-0.15, -0.1) is 0 Å². The van der Waals surface area contributed by atoms with E-state index >= 15 is 0 Å². The number of fused-ring (bicyclic) bond motifs is 4. The highest BCUT2D eigenvalue weighted by molar-refractivity contribution is 9.10. The standard InChI is InChI=1S/C21H18BrN3O4/c22-15-3-1-2-13-14-10-25(7-6-16(14)24-20(13)15)19(26)9-23-21(27)12-4-5-17-18(8-12)29-11-28-17/h1-5,8,24H,6-7,9-11H2,(H,23,27). The Bertz CT molecular complexity index is 1140. The monoisotopic (exact) mass is 455 g/mol. The number of rotatable bonds is 3. The number of halogens is 1. The molecular formula is C21H18BrN3O4. The van der Waals surface area contributed by atoms with Gasteiger partial charge in [-0.25, -0.2) is 0 Å². The predicted octanol–water partition coefficient (Wildman–Crippen LogP) is 2.97. The number of para-hydroxylation sites is 1. The maximum absolute atomic E-state index is 12.7. The molecule has 2 aliphatic rings. The minimum Gasteiger partial charge on any atom is -0.454 e. The van der Waals surface area contributed by atoms with E-state index < -0.39 is 0 Å². The Morgan fingerprint density at radius 2 is 2.03 bits per heavy atom. The van der Waals surface area contributed by atoms with Crippen LogP contribution in [0.1, 0.15) is 21.6 Å². The molecule has 0 bridgehead atoms. The summed E-state index contributed by atoms with van der Waals surface area (Å²) in [5.74, 6) is 0.740. The zero-order valence-electron chi connectivity index (χ0n) is 15.5. The molecule has 0 saturated heterocycles. The lowest BCUT2D eigenvalue weighted by Crippen LogP contribution is -2.42. The van der Waals surface area contributed by atoms with Crippen molar-refractivity contribution in [2.75, 3.05) is 19.9 Å². The smallest absolute Gasteiger partial charge is 0.251 e. The van der Waals surface area contributed by atoms with E-state index in [-0.39, 0.29) is 25.2 Å². The van der Waals surface area contributed by atoms with Gasteiger partial charge in [0.15, 0.2) is 11.5 Å². The van der Waals surface area contributed by atoms with Gasteiger partial charge in [-0.1, -0.05) is 12.1 Å². The third-order valence-electron chi connectivity index (χ3n) is 5.35. The summed E-state index contributed by atoms with van der Waals surface area (Å²) >= 11 is 3.57. The molecule has 8 heteroatoms. The van der Waals surface area contributed by atoms with Gasteiger partial charge in [0.05, 0.1) is 12.1 Å². The molecule has 0 spiro atoms. The molecule has 29 heavy (non-hydrogen) atoms. The zero-order valence-corrected chi connectivity index (χ0v) is 17.0. The Kier molecular flexibility index (Phi) is 4.43. The van der Waals surface area contributed by atoms with Crippen molar-refractivity contribution in [2.45, 2.75) is 13.0 Å². The second-order valence-electron chi connectivity index (χ2n) is 7.06. The molecule has 3 aromatic rings. The summed E-state index contributed by atoms with van der Waals surface area (Å²) in [7, 11) is 0. The van der Waals surface area contributed by atoms with Gasteiger partial charge in [0, 0.05) is 46.2 Å². The van der Waals surface area contributed by atoms with Gasteiger partial charge in [-0.2, -0.15) is 0 Å². The highest BCUT2D eigenvalue weighted by atomic mass is 79.9. The fraction of sp³-hybridized carbons (Fsp3) is 0.238. The second-order valence-corrected chi connectivity index (χ2v) is 7.91. The molecule has 1 aromatic heterocycles. The fourth-order valence-corrected chi connectivity index (χ4v) is 4.29. The van der Waals surface area contributed by atoms with Crippen LogP contribution in [0.2, 0.25) is 0 Å². The number of carbonyl (C=O) groups excluding carboxylic acids is 2. The average molecular weight is 456 g/mol. The summed E-state index contributed by atoms with van der Waals surface area (Å²) in [6, 6.07) is 11.0. The van der Waals surface area contributed by atoms with E-state index in [1.807, 2.05) is 12.1 Å². The minimum absolute atomic E-state index is 0.0470. The summed E-state index contributed by atoms with van der Waals surface area (Å²) in [6.07, 6.45) is 0.762. The highest BCUT2D eigenvalue weighted by Crippen LogP contribution is 2.33. The van der Waals surface area contributed by atoms with Crippen molar-refractivity contribution in [3.8, 4) is 11.5 Å². The zero-order chi connectivity index (χ0) is 20.0. The van der Waals surface area contributed by atoms with Crippen molar-refractivity contribution in [3.63, 3.8) is 0 Å². The molecule has 3 heterocycles. The molecule has 2 aromatic carbocycles. The first kappa shape index (κ1) is 18.1. The first-order valence-corrected chi connectivity index (χ1v) is 10.1. The van der Waals surface area contributed by atoms with Gasteiger partial charge in [-0.3, -0.25) is 9.59 Å². The van der Waals surface area contributed by atoms with E-state index in [2.05, 4.69) is 32.3 Å². The van der Waals surface area contributed by atoms with E-state index in [0.29, 0.717) is 30.2 Å². The molecule has 5 rings (SSSR count). The summed E-state index contributed by atoms with van der Waals surface area (Å²) < 4.78 is 11.6. The Labute approximate surface area is 175 Å². The molecule has 2 amide bonds. The molecular weight excluding hydrogens is 438 g/mol. The SMILES string of the molecule is O=C(NCC(=O)N1CCc2[nH]c3c(Br)cccc3c2C1)c1ccc2c(c1)OCO2. The Hall–Kier alpha value is -3.00. The number of ether oxygens (including phenoxy) is 2. The Morgan fingerprint density at radius 1 is 1.17 bits per heavy atom. The normalized spacial score (nSPS) is 14.7. The van der Waals surface area contributed by atoms with E-state index in [1.54, 1.807) is 23.1 Å². The number of nitrogens with one attached hydrogen (secondary N) is 2. The fourth-order valence-electron chi connectivity index (χ4n) is 3.82. The van der Waals surface area contributed by atoms with Crippen LogP contribution in [0, 0.1) is 0 Å². The topological polar surface area (TPSA) is 83.7 Å². The van der Waals surface area contributed by atoms with Crippen molar-refractivity contribution in [1.82, 2.24) is 15.2 Å². The molecule has 2 N–H and O–H groups in total. The summed E-state index contributed by atoms with van der Waals surface area (Å²) in [5, 5.41) is 3.83. The van der Waals surface area contributed by atoms with Crippen molar-refractivity contribution in [3.05, 3.63) is 57.7 Å². The summed E-state index contributed by atoms with van der Waals surface area (Å²) in [4.78, 5) is 30.4. The van der Waals surface area contributed by atoms with E-state index in [4.69, 9.17) is 9.47 Å². The summed E-state index contributed by atoms with van der Waals surface area (Å²) in [6.45, 7) is 1.26. The summed E-state index contributed by atoms with van der Waals surface area (Å²) in [5.41, 5.74) is 3.80. The lowest BCUT2D eigenvalue weighted by atomic mass is 10.0. The number of aromatic nitrogens is 1. The van der Waals surface area contributed by atoms with Crippen molar-refractivity contribution < 1.29 is 19.1 Å². The Balaban J connectivity index is 1.26. The first-order valence-electron chi connectivity index (χ1n) is 9.34. The molecule has 0 atom stereocenters. The van der Waals surface area contributed by atoms with Gasteiger partial charge in [0.2, 0.25) is 12.7 Å². The van der Waals surface area contributed by atoms with Crippen LogP contribution in [-0.4, -0.2) is 41.6 Å². The maximum Gasteiger partial charge on any atom is 0.251 e. The number of hydrogen-bond donors (Lipinski definition) is 2. The molecule has 0 radical (unpaired) electrons. The minimum atomic E-state index is -0.314. The van der Waals surface area contributed by atoms with Crippen LogP contribution < -0.4 is 14.8 Å². The average Bonchev–Trinajstić information content (AvgIpc) is 3.36. The molecule has 148 valence electrons. The van der Waals surface area contributed by atoms with E-state index in [0.717, 1.165) is 27.4 Å². The van der Waals surface area contributed by atoms with Gasteiger partial charge in [0.1, 0.15) is 0 Å². The number of H-pyrrole nitrogens is 1. The lowest BCUT2D eigenvalue weighted by molar-refractivity contribution is -0.131. The number of carbonyl (C=O) groups is 2. The van der Waals surface area contributed by atoms with Crippen LogP contribution in [0.25, 0.3) is 10.9 Å². The van der Waals surface area contributed by atoms with Crippen LogP contribution >= 0.6 is 15.9 Å². The lowest BCUT2D eigenvalue weighted by Gasteiger charge is -2.27.